The minimum atomic E-state index is -0.251. The molecule has 78 valence electrons. The van der Waals surface area contributed by atoms with Crippen molar-refractivity contribution in [1.82, 2.24) is 10.3 Å². The monoisotopic (exact) mass is 214 g/mol. The normalized spacial score (nSPS) is 12.4. The quantitative estimate of drug-likeness (QED) is 0.738. The standard InChI is InChI=1S/C9H14N2O2S/c1-7(9(12)13-2)10-4-3-8-5-14-6-11-8/h5-7,10H,3-4H2,1-2H3. The molecule has 0 aromatic carbocycles. The molecule has 1 rings (SSSR count). The van der Waals surface area contributed by atoms with Gasteiger partial charge in [0.1, 0.15) is 6.04 Å². The van der Waals surface area contributed by atoms with Crippen LogP contribution in [0.5, 0.6) is 0 Å². The van der Waals surface area contributed by atoms with Gasteiger partial charge >= 0.3 is 5.97 Å². The van der Waals surface area contributed by atoms with Gasteiger partial charge in [-0.1, -0.05) is 0 Å². The topological polar surface area (TPSA) is 51.2 Å². The molecule has 1 heterocycles. The average Bonchev–Trinajstić information content (AvgIpc) is 2.69. The van der Waals surface area contributed by atoms with Gasteiger partial charge in [-0.15, -0.1) is 11.3 Å². The molecule has 1 atom stereocenters. The number of carbonyl (C=O) groups is 1. The van der Waals surface area contributed by atoms with Gasteiger partial charge in [-0.25, -0.2) is 4.98 Å². The first-order valence-electron chi connectivity index (χ1n) is 4.42. The van der Waals surface area contributed by atoms with Crippen molar-refractivity contribution in [2.24, 2.45) is 0 Å². The third-order valence-electron chi connectivity index (χ3n) is 1.87. The third kappa shape index (κ3) is 3.43. The van der Waals surface area contributed by atoms with Crippen LogP contribution in [0.2, 0.25) is 0 Å². The summed E-state index contributed by atoms with van der Waals surface area (Å²) in [6.07, 6.45) is 0.838. The molecule has 0 bridgehead atoms. The molecule has 0 saturated carbocycles. The predicted octanol–water partition coefficient (Wildman–Crippen LogP) is 0.837. The number of thiazole rings is 1. The maximum atomic E-state index is 11.0. The highest BCUT2D eigenvalue weighted by molar-refractivity contribution is 7.07. The molecule has 0 fully saturated rings. The number of aromatic nitrogens is 1. The van der Waals surface area contributed by atoms with Gasteiger partial charge in [-0.2, -0.15) is 0 Å². The van der Waals surface area contributed by atoms with E-state index in [1.54, 1.807) is 23.8 Å². The third-order valence-corrected chi connectivity index (χ3v) is 2.51. The second-order valence-electron chi connectivity index (χ2n) is 2.93. The zero-order chi connectivity index (χ0) is 10.4. The molecule has 1 aromatic heterocycles. The van der Waals surface area contributed by atoms with Crippen molar-refractivity contribution in [3.8, 4) is 0 Å². The van der Waals surface area contributed by atoms with Crippen LogP contribution in [0.15, 0.2) is 10.9 Å². The molecular weight excluding hydrogens is 200 g/mol. The second-order valence-corrected chi connectivity index (χ2v) is 3.65. The minimum absolute atomic E-state index is 0.233. The van der Waals surface area contributed by atoms with Gasteiger partial charge in [0.25, 0.3) is 0 Å². The Bertz CT molecular complexity index is 274. The van der Waals surface area contributed by atoms with Crippen LogP contribution in [0.4, 0.5) is 0 Å². The maximum Gasteiger partial charge on any atom is 0.322 e. The number of nitrogens with zero attached hydrogens (tertiary/aromatic N) is 1. The summed E-state index contributed by atoms with van der Waals surface area (Å²) in [6, 6.07) is -0.251. The van der Waals surface area contributed by atoms with Gasteiger partial charge in [0.15, 0.2) is 0 Å². The van der Waals surface area contributed by atoms with Crippen LogP contribution in [0.3, 0.4) is 0 Å². The molecule has 0 saturated heterocycles. The molecule has 1 aromatic rings. The number of ether oxygens (including phenoxy) is 1. The number of methoxy groups -OCH3 is 1. The van der Waals surface area contributed by atoms with Crippen LogP contribution in [-0.4, -0.2) is 30.6 Å². The molecule has 0 aliphatic carbocycles. The summed E-state index contributed by atoms with van der Waals surface area (Å²) in [6.45, 7) is 2.52. The SMILES string of the molecule is COC(=O)C(C)NCCc1cscn1. The highest BCUT2D eigenvalue weighted by Crippen LogP contribution is 2.00. The summed E-state index contributed by atoms with van der Waals surface area (Å²) in [4.78, 5) is 15.1. The summed E-state index contributed by atoms with van der Waals surface area (Å²) in [5.41, 5.74) is 2.86. The van der Waals surface area contributed by atoms with E-state index >= 15 is 0 Å². The summed E-state index contributed by atoms with van der Waals surface area (Å²) >= 11 is 1.58. The van der Waals surface area contributed by atoms with E-state index in [0.717, 1.165) is 18.7 Å². The van der Waals surface area contributed by atoms with Gasteiger partial charge < -0.3 is 10.1 Å². The van der Waals surface area contributed by atoms with Crippen LogP contribution < -0.4 is 5.32 Å². The molecule has 0 radical (unpaired) electrons. The maximum absolute atomic E-state index is 11.0. The molecule has 0 aliphatic rings. The molecule has 4 nitrogen and oxygen atoms in total. The lowest BCUT2D eigenvalue weighted by Gasteiger charge is -2.10. The Balaban J connectivity index is 2.18. The zero-order valence-electron chi connectivity index (χ0n) is 8.32. The minimum Gasteiger partial charge on any atom is -0.468 e. The smallest absolute Gasteiger partial charge is 0.322 e. The van der Waals surface area contributed by atoms with Crippen molar-refractivity contribution in [3.05, 3.63) is 16.6 Å². The van der Waals surface area contributed by atoms with Crippen molar-refractivity contribution in [3.63, 3.8) is 0 Å². The fraction of sp³-hybridized carbons (Fsp3) is 0.556. The summed E-state index contributed by atoms with van der Waals surface area (Å²) in [5, 5.41) is 5.07. The highest BCUT2D eigenvalue weighted by Gasteiger charge is 2.11. The molecule has 0 aliphatic heterocycles. The van der Waals surface area contributed by atoms with Crippen LogP contribution in [-0.2, 0) is 16.0 Å². The zero-order valence-corrected chi connectivity index (χ0v) is 9.13. The van der Waals surface area contributed by atoms with Crippen LogP contribution in [0.25, 0.3) is 0 Å². The van der Waals surface area contributed by atoms with Gasteiger partial charge in [0.2, 0.25) is 0 Å². The van der Waals surface area contributed by atoms with E-state index in [0.29, 0.717) is 0 Å². The highest BCUT2D eigenvalue weighted by atomic mass is 32.1. The summed E-state index contributed by atoms with van der Waals surface area (Å²) in [7, 11) is 1.39. The fourth-order valence-corrected chi connectivity index (χ4v) is 1.63. The van der Waals surface area contributed by atoms with Crippen LogP contribution >= 0.6 is 11.3 Å². The Morgan fingerprint density at radius 2 is 2.57 bits per heavy atom. The Morgan fingerprint density at radius 3 is 3.14 bits per heavy atom. The van der Waals surface area contributed by atoms with E-state index in [-0.39, 0.29) is 12.0 Å². The van der Waals surface area contributed by atoms with E-state index in [1.807, 2.05) is 5.38 Å². The number of esters is 1. The molecule has 0 spiro atoms. The van der Waals surface area contributed by atoms with Crippen molar-refractivity contribution >= 4 is 17.3 Å². The number of carbonyl (C=O) groups excluding carboxylic acids is 1. The molecule has 1 unspecified atom stereocenters. The van der Waals surface area contributed by atoms with E-state index in [2.05, 4.69) is 15.0 Å². The number of nitrogens with one attached hydrogen (secondary N) is 1. The van der Waals surface area contributed by atoms with Gasteiger partial charge in [0.05, 0.1) is 18.3 Å². The molecule has 14 heavy (non-hydrogen) atoms. The number of hydrogen-bond acceptors (Lipinski definition) is 5. The largest absolute Gasteiger partial charge is 0.468 e. The van der Waals surface area contributed by atoms with Crippen molar-refractivity contribution in [1.29, 1.82) is 0 Å². The van der Waals surface area contributed by atoms with Crippen molar-refractivity contribution in [2.75, 3.05) is 13.7 Å². The second kappa shape index (κ2) is 5.72. The van der Waals surface area contributed by atoms with Gasteiger partial charge in [-0.05, 0) is 6.92 Å². The molecular formula is C9H14N2O2S. The first kappa shape index (κ1) is 11.1. The van der Waals surface area contributed by atoms with Crippen molar-refractivity contribution < 1.29 is 9.53 Å². The van der Waals surface area contributed by atoms with Crippen LogP contribution in [0.1, 0.15) is 12.6 Å². The lowest BCUT2D eigenvalue weighted by molar-refractivity contribution is -0.142. The van der Waals surface area contributed by atoms with E-state index < -0.39 is 0 Å². The number of hydrogen-bond donors (Lipinski definition) is 1. The fourth-order valence-electron chi connectivity index (χ4n) is 1.04. The van der Waals surface area contributed by atoms with E-state index in [1.165, 1.54) is 7.11 Å². The Labute approximate surface area is 87.3 Å². The van der Waals surface area contributed by atoms with E-state index in [4.69, 9.17) is 0 Å². The summed E-state index contributed by atoms with van der Waals surface area (Å²) < 4.78 is 4.58. The molecule has 1 N–H and O–H groups in total. The van der Waals surface area contributed by atoms with E-state index in [9.17, 15) is 4.79 Å². The molecule has 5 heteroatoms. The lowest BCUT2D eigenvalue weighted by Crippen LogP contribution is -2.36. The van der Waals surface area contributed by atoms with Gasteiger partial charge in [0, 0.05) is 18.3 Å². The van der Waals surface area contributed by atoms with Gasteiger partial charge in [-0.3, -0.25) is 4.79 Å². The first-order chi connectivity index (χ1) is 6.74. The average molecular weight is 214 g/mol. The Hall–Kier alpha value is -0.940. The molecule has 0 amide bonds. The van der Waals surface area contributed by atoms with Crippen molar-refractivity contribution in [2.45, 2.75) is 19.4 Å². The predicted molar refractivity (Wildman–Crippen MR) is 55.3 cm³/mol. The summed E-state index contributed by atoms with van der Waals surface area (Å²) in [5.74, 6) is -0.233. The first-order valence-corrected chi connectivity index (χ1v) is 5.36. The Kier molecular flexibility index (Phi) is 4.55. The lowest BCUT2D eigenvalue weighted by atomic mass is 10.3. The Morgan fingerprint density at radius 1 is 1.79 bits per heavy atom. The van der Waals surface area contributed by atoms with Crippen LogP contribution in [0, 0.1) is 0 Å². The number of rotatable bonds is 5.